The zero-order chi connectivity index (χ0) is 19.1. The summed E-state index contributed by atoms with van der Waals surface area (Å²) in [5.74, 6) is -1.69. The number of rotatable bonds is 2. The summed E-state index contributed by atoms with van der Waals surface area (Å²) in [6.07, 6.45) is -2.92. The molecule has 1 aromatic carbocycles. The molecule has 1 atom stereocenters. The van der Waals surface area contributed by atoms with E-state index in [1.165, 1.54) is 19.2 Å². The fourth-order valence-corrected chi connectivity index (χ4v) is 3.59. The minimum Gasteiger partial charge on any atom is -0.466 e. The van der Waals surface area contributed by atoms with Crippen molar-refractivity contribution in [3.05, 3.63) is 57.9 Å². The first-order valence-electron chi connectivity index (χ1n) is 8.23. The van der Waals surface area contributed by atoms with Crippen LogP contribution in [-0.2, 0) is 20.5 Å². The number of nitrogens with one attached hydrogen (secondary N) is 1. The van der Waals surface area contributed by atoms with Gasteiger partial charge in [0.25, 0.3) is 0 Å². The summed E-state index contributed by atoms with van der Waals surface area (Å²) < 4.78 is 44.3. The second-order valence-electron chi connectivity index (χ2n) is 6.38. The highest BCUT2D eigenvalue weighted by atomic mass is 19.4. The van der Waals surface area contributed by atoms with E-state index < -0.39 is 23.6 Å². The second-order valence-corrected chi connectivity index (χ2v) is 6.38. The molecule has 1 N–H and O–H groups in total. The zero-order valence-corrected chi connectivity index (χ0v) is 14.4. The molecule has 138 valence electrons. The van der Waals surface area contributed by atoms with Crippen molar-refractivity contribution in [1.82, 2.24) is 5.32 Å². The standard InChI is InChI=1S/C19H18F3NO3/c1-10-15(18(25)26-2)16(17-13(23-10)7-4-8-14(17)24)11-5-3-6-12(9-11)19(20,21)22/h3,5-6,9,16,23H,4,7-8H2,1-2H3/t16-/m1/s1. The minimum atomic E-state index is -4.51. The van der Waals surface area contributed by atoms with Crippen LogP contribution in [0.4, 0.5) is 13.2 Å². The molecule has 0 fully saturated rings. The molecule has 1 aromatic rings. The van der Waals surface area contributed by atoms with Crippen molar-refractivity contribution < 1.29 is 27.5 Å². The fourth-order valence-electron chi connectivity index (χ4n) is 3.59. The van der Waals surface area contributed by atoms with E-state index in [9.17, 15) is 22.8 Å². The summed E-state index contributed by atoms with van der Waals surface area (Å²) in [5.41, 5.74) is 1.13. The van der Waals surface area contributed by atoms with Crippen LogP contribution < -0.4 is 5.32 Å². The van der Waals surface area contributed by atoms with Crippen molar-refractivity contribution in [2.75, 3.05) is 7.11 Å². The lowest BCUT2D eigenvalue weighted by Gasteiger charge is -2.34. The average molecular weight is 365 g/mol. The second kappa shape index (κ2) is 6.63. The largest absolute Gasteiger partial charge is 0.466 e. The number of ether oxygens (including phenoxy) is 1. The van der Waals surface area contributed by atoms with Gasteiger partial charge in [0.15, 0.2) is 5.78 Å². The first kappa shape index (κ1) is 18.2. The number of alkyl halides is 3. The molecule has 7 heteroatoms. The van der Waals surface area contributed by atoms with Gasteiger partial charge in [-0.1, -0.05) is 18.2 Å². The summed E-state index contributed by atoms with van der Waals surface area (Å²) in [4.78, 5) is 24.9. The highest BCUT2D eigenvalue weighted by Crippen LogP contribution is 2.43. The maximum Gasteiger partial charge on any atom is 0.416 e. The maximum absolute atomic E-state index is 13.1. The number of esters is 1. The molecule has 1 aliphatic carbocycles. The number of carbonyl (C=O) groups is 2. The monoisotopic (exact) mass is 365 g/mol. The summed E-state index contributed by atoms with van der Waals surface area (Å²) in [6.45, 7) is 1.66. The minimum absolute atomic E-state index is 0.157. The van der Waals surface area contributed by atoms with Crippen molar-refractivity contribution in [3.63, 3.8) is 0 Å². The van der Waals surface area contributed by atoms with Gasteiger partial charge in [0, 0.05) is 29.3 Å². The van der Waals surface area contributed by atoms with Crippen molar-refractivity contribution in [2.24, 2.45) is 0 Å². The Bertz CT molecular complexity index is 837. The lowest BCUT2D eigenvalue weighted by molar-refractivity contribution is -0.137. The highest BCUT2D eigenvalue weighted by molar-refractivity contribution is 6.03. The van der Waals surface area contributed by atoms with Crippen LogP contribution in [0.3, 0.4) is 0 Å². The third-order valence-electron chi connectivity index (χ3n) is 4.73. The molecule has 1 heterocycles. The van der Waals surface area contributed by atoms with Crippen molar-refractivity contribution in [3.8, 4) is 0 Å². The van der Waals surface area contributed by atoms with Crippen LogP contribution in [0, 0.1) is 0 Å². The van der Waals surface area contributed by atoms with Crippen LogP contribution >= 0.6 is 0 Å². The molecule has 0 unspecified atom stereocenters. The Hall–Kier alpha value is -2.57. The van der Waals surface area contributed by atoms with E-state index in [0.29, 0.717) is 36.2 Å². The molecule has 26 heavy (non-hydrogen) atoms. The molecule has 0 saturated heterocycles. The average Bonchev–Trinajstić information content (AvgIpc) is 2.59. The van der Waals surface area contributed by atoms with Crippen LogP contribution in [0.25, 0.3) is 0 Å². The number of benzene rings is 1. The predicted octanol–water partition coefficient (Wildman–Crippen LogP) is 3.85. The van der Waals surface area contributed by atoms with Crippen LogP contribution in [0.2, 0.25) is 0 Å². The Balaban J connectivity index is 2.21. The Kier molecular flexibility index (Phi) is 4.64. The smallest absolute Gasteiger partial charge is 0.416 e. The normalized spacial score (nSPS) is 20.7. The van der Waals surface area contributed by atoms with Gasteiger partial charge in [0.1, 0.15) is 0 Å². The molecule has 0 amide bonds. The van der Waals surface area contributed by atoms with Crippen LogP contribution in [0.1, 0.15) is 43.2 Å². The third kappa shape index (κ3) is 3.13. The molecule has 0 bridgehead atoms. The SMILES string of the molecule is COC(=O)C1=C(C)NC2=C(C(=O)CCC2)[C@@H]1c1cccc(C(F)(F)F)c1. The number of ketones is 1. The van der Waals surface area contributed by atoms with E-state index in [-0.39, 0.29) is 16.9 Å². The molecule has 1 aliphatic heterocycles. The van der Waals surface area contributed by atoms with Gasteiger partial charge in [0.05, 0.1) is 18.2 Å². The number of allylic oxidation sites excluding steroid dienone is 3. The molecule has 0 radical (unpaired) electrons. The molecule has 0 aromatic heterocycles. The van der Waals surface area contributed by atoms with E-state index in [0.717, 1.165) is 12.1 Å². The van der Waals surface area contributed by atoms with E-state index in [2.05, 4.69) is 5.32 Å². The van der Waals surface area contributed by atoms with Crippen molar-refractivity contribution in [2.45, 2.75) is 38.3 Å². The van der Waals surface area contributed by atoms with Crippen molar-refractivity contribution >= 4 is 11.8 Å². The summed E-state index contributed by atoms with van der Waals surface area (Å²) in [6, 6.07) is 4.77. The summed E-state index contributed by atoms with van der Waals surface area (Å²) >= 11 is 0. The number of dihydropyridines is 1. The van der Waals surface area contributed by atoms with Gasteiger partial charge in [-0.05, 0) is 31.4 Å². The number of methoxy groups -OCH3 is 1. The van der Waals surface area contributed by atoms with Gasteiger partial charge in [-0.2, -0.15) is 13.2 Å². The Labute approximate surface area is 148 Å². The number of halogens is 3. The van der Waals surface area contributed by atoms with Crippen molar-refractivity contribution in [1.29, 1.82) is 0 Å². The predicted molar refractivity (Wildman–Crippen MR) is 87.9 cm³/mol. The molecule has 0 spiro atoms. The quantitative estimate of drug-likeness (QED) is 0.809. The van der Waals surface area contributed by atoms with Gasteiger partial charge in [0.2, 0.25) is 0 Å². The van der Waals surface area contributed by atoms with E-state index in [1.807, 2.05) is 0 Å². The molecule has 2 aliphatic rings. The third-order valence-corrected chi connectivity index (χ3v) is 4.73. The topological polar surface area (TPSA) is 55.4 Å². The van der Waals surface area contributed by atoms with E-state index in [4.69, 9.17) is 4.74 Å². The van der Waals surface area contributed by atoms with Gasteiger partial charge in [-0.15, -0.1) is 0 Å². The summed E-state index contributed by atoms with van der Waals surface area (Å²) in [7, 11) is 1.21. The molecule has 3 rings (SSSR count). The molecule has 0 saturated carbocycles. The van der Waals surface area contributed by atoms with Crippen LogP contribution in [-0.4, -0.2) is 18.9 Å². The van der Waals surface area contributed by atoms with E-state index >= 15 is 0 Å². The Morgan fingerprint density at radius 2 is 2.00 bits per heavy atom. The van der Waals surface area contributed by atoms with Crippen LogP contribution in [0.5, 0.6) is 0 Å². The Morgan fingerprint density at radius 3 is 2.65 bits per heavy atom. The van der Waals surface area contributed by atoms with Gasteiger partial charge in [-0.25, -0.2) is 4.79 Å². The fraction of sp³-hybridized carbons (Fsp3) is 0.368. The summed E-state index contributed by atoms with van der Waals surface area (Å²) in [5, 5.41) is 3.07. The van der Waals surface area contributed by atoms with Crippen LogP contribution in [0.15, 0.2) is 46.8 Å². The number of carbonyl (C=O) groups excluding carboxylic acids is 2. The van der Waals surface area contributed by atoms with E-state index in [1.54, 1.807) is 6.92 Å². The maximum atomic E-state index is 13.1. The zero-order valence-electron chi connectivity index (χ0n) is 14.4. The molecular weight excluding hydrogens is 347 g/mol. The van der Waals surface area contributed by atoms with Gasteiger partial charge >= 0.3 is 12.1 Å². The highest BCUT2D eigenvalue weighted by Gasteiger charge is 2.40. The number of hydrogen-bond donors (Lipinski definition) is 1. The number of Topliss-reactive ketones (excluding diaryl/α,β-unsaturated/α-hetero) is 1. The number of hydrogen-bond acceptors (Lipinski definition) is 4. The lowest BCUT2D eigenvalue weighted by atomic mass is 9.75. The molecular formula is C19H18F3NO3. The van der Waals surface area contributed by atoms with Gasteiger partial charge in [-0.3, -0.25) is 4.79 Å². The lowest BCUT2D eigenvalue weighted by Crippen LogP contribution is -2.34. The molecule has 4 nitrogen and oxygen atoms in total. The first-order chi connectivity index (χ1) is 12.2. The Morgan fingerprint density at radius 1 is 1.27 bits per heavy atom. The van der Waals surface area contributed by atoms with Gasteiger partial charge < -0.3 is 10.1 Å². The first-order valence-corrected chi connectivity index (χ1v) is 8.23.